The Labute approximate surface area is 117 Å². The lowest BCUT2D eigenvalue weighted by Crippen LogP contribution is -2.38. The van der Waals surface area contributed by atoms with Crippen LogP contribution in [0.5, 0.6) is 0 Å². The molecule has 1 aliphatic rings. The maximum Gasteiger partial charge on any atom is 0.271 e. The number of aromatic nitrogens is 1. The van der Waals surface area contributed by atoms with Gasteiger partial charge in [0.15, 0.2) is 0 Å². The molecule has 0 radical (unpaired) electrons. The first-order valence-corrected chi connectivity index (χ1v) is 7.13. The highest BCUT2D eigenvalue weighted by molar-refractivity contribution is 9.10. The Morgan fingerprint density at radius 2 is 2.33 bits per heavy atom. The molecule has 1 fully saturated rings. The maximum atomic E-state index is 12.6. The van der Waals surface area contributed by atoms with E-state index >= 15 is 0 Å². The Balaban J connectivity index is 2.28. The fourth-order valence-electron chi connectivity index (χ4n) is 2.09. The molecule has 0 bridgehead atoms. The van der Waals surface area contributed by atoms with Crippen LogP contribution in [-0.2, 0) is 0 Å². The lowest BCUT2D eigenvalue weighted by atomic mass is 10.2. The topological polar surface area (TPSA) is 25.2 Å². The molecule has 1 aromatic rings. The summed E-state index contributed by atoms with van der Waals surface area (Å²) >= 11 is 3.46. The normalized spacial score (nSPS) is 14.9. The van der Waals surface area contributed by atoms with Gasteiger partial charge in [-0.2, -0.15) is 0 Å². The molecule has 0 atom stereocenters. The standard InChI is InChI=1S/C14H19BrN2O/c1-4-7-16(10(2)3)14(18)13-8-11(15)9-17(13)12-5-6-12/h4,8-10,12H,1,5-7H2,2-3H3. The van der Waals surface area contributed by atoms with Gasteiger partial charge in [-0.25, -0.2) is 0 Å². The predicted octanol–water partition coefficient (Wildman–Crippen LogP) is 3.62. The minimum Gasteiger partial charge on any atom is -0.339 e. The number of amides is 1. The summed E-state index contributed by atoms with van der Waals surface area (Å²) < 4.78 is 3.07. The van der Waals surface area contributed by atoms with E-state index in [2.05, 4.69) is 27.1 Å². The van der Waals surface area contributed by atoms with Crippen LogP contribution < -0.4 is 0 Å². The zero-order valence-corrected chi connectivity index (χ0v) is 12.5. The second-order valence-corrected chi connectivity index (χ2v) is 5.94. The minimum atomic E-state index is 0.0856. The Kier molecular flexibility index (Phi) is 3.95. The Bertz CT molecular complexity index is 460. The third-order valence-electron chi connectivity index (χ3n) is 3.18. The molecule has 0 spiro atoms. The van der Waals surface area contributed by atoms with Crippen molar-refractivity contribution < 1.29 is 4.79 Å². The van der Waals surface area contributed by atoms with Crippen LogP contribution in [0.1, 0.15) is 43.2 Å². The lowest BCUT2D eigenvalue weighted by Gasteiger charge is -2.25. The van der Waals surface area contributed by atoms with Gasteiger partial charge < -0.3 is 9.47 Å². The van der Waals surface area contributed by atoms with E-state index in [1.807, 2.05) is 31.0 Å². The monoisotopic (exact) mass is 310 g/mol. The van der Waals surface area contributed by atoms with Gasteiger partial charge in [0, 0.05) is 29.3 Å². The molecular formula is C14H19BrN2O. The molecule has 1 aliphatic carbocycles. The number of rotatable bonds is 5. The van der Waals surface area contributed by atoms with E-state index in [1.54, 1.807) is 6.08 Å². The van der Waals surface area contributed by atoms with Crippen LogP contribution in [0.4, 0.5) is 0 Å². The highest BCUT2D eigenvalue weighted by atomic mass is 79.9. The van der Waals surface area contributed by atoms with Gasteiger partial charge in [0.1, 0.15) is 5.69 Å². The van der Waals surface area contributed by atoms with E-state index in [1.165, 1.54) is 12.8 Å². The van der Waals surface area contributed by atoms with Crippen LogP contribution >= 0.6 is 15.9 Å². The van der Waals surface area contributed by atoms with Crippen molar-refractivity contribution in [2.45, 2.75) is 38.8 Å². The van der Waals surface area contributed by atoms with Gasteiger partial charge in [-0.15, -0.1) is 6.58 Å². The smallest absolute Gasteiger partial charge is 0.271 e. The van der Waals surface area contributed by atoms with Crippen molar-refractivity contribution in [3.05, 3.63) is 35.1 Å². The highest BCUT2D eigenvalue weighted by Crippen LogP contribution is 2.37. The van der Waals surface area contributed by atoms with E-state index in [0.717, 1.165) is 10.2 Å². The molecule has 0 N–H and O–H groups in total. The van der Waals surface area contributed by atoms with Crippen molar-refractivity contribution >= 4 is 21.8 Å². The third kappa shape index (κ3) is 2.69. The van der Waals surface area contributed by atoms with Gasteiger partial charge >= 0.3 is 0 Å². The molecule has 4 heteroatoms. The molecule has 0 unspecified atom stereocenters. The van der Waals surface area contributed by atoms with Crippen molar-refractivity contribution in [1.82, 2.24) is 9.47 Å². The Morgan fingerprint density at radius 3 is 2.83 bits per heavy atom. The third-order valence-corrected chi connectivity index (χ3v) is 3.62. The fraction of sp³-hybridized carbons (Fsp3) is 0.500. The summed E-state index contributed by atoms with van der Waals surface area (Å²) in [7, 11) is 0. The summed E-state index contributed by atoms with van der Waals surface area (Å²) in [6, 6.07) is 2.60. The van der Waals surface area contributed by atoms with Crippen LogP contribution in [0.2, 0.25) is 0 Å². The van der Waals surface area contributed by atoms with Crippen molar-refractivity contribution in [3.63, 3.8) is 0 Å². The molecule has 0 saturated heterocycles. The zero-order chi connectivity index (χ0) is 13.3. The first-order valence-electron chi connectivity index (χ1n) is 6.33. The van der Waals surface area contributed by atoms with E-state index in [-0.39, 0.29) is 11.9 Å². The van der Waals surface area contributed by atoms with Crippen LogP contribution in [0.3, 0.4) is 0 Å². The zero-order valence-electron chi connectivity index (χ0n) is 10.9. The number of halogens is 1. The molecule has 18 heavy (non-hydrogen) atoms. The SMILES string of the molecule is C=CCN(C(=O)c1cc(Br)cn1C1CC1)C(C)C. The molecule has 0 aliphatic heterocycles. The number of carbonyl (C=O) groups is 1. The largest absolute Gasteiger partial charge is 0.339 e. The molecule has 1 amide bonds. The van der Waals surface area contributed by atoms with E-state index < -0.39 is 0 Å². The number of nitrogens with zero attached hydrogens (tertiary/aromatic N) is 2. The molecular weight excluding hydrogens is 292 g/mol. The highest BCUT2D eigenvalue weighted by Gasteiger charge is 2.29. The van der Waals surface area contributed by atoms with Gasteiger partial charge in [0.25, 0.3) is 5.91 Å². The first-order chi connectivity index (χ1) is 8.54. The average molecular weight is 311 g/mol. The van der Waals surface area contributed by atoms with Crippen molar-refractivity contribution in [2.75, 3.05) is 6.54 Å². The minimum absolute atomic E-state index is 0.0856. The van der Waals surface area contributed by atoms with E-state index in [9.17, 15) is 4.79 Å². The van der Waals surface area contributed by atoms with E-state index in [0.29, 0.717) is 12.6 Å². The summed E-state index contributed by atoms with van der Waals surface area (Å²) in [5, 5.41) is 0. The van der Waals surface area contributed by atoms with Gasteiger partial charge in [-0.1, -0.05) is 6.08 Å². The van der Waals surface area contributed by atoms with Crippen molar-refractivity contribution in [3.8, 4) is 0 Å². The van der Waals surface area contributed by atoms with Gasteiger partial charge in [-0.3, -0.25) is 4.79 Å². The summed E-state index contributed by atoms with van der Waals surface area (Å²) in [6.07, 6.45) is 6.13. The van der Waals surface area contributed by atoms with Gasteiger partial charge in [-0.05, 0) is 48.7 Å². The van der Waals surface area contributed by atoms with Gasteiger partial charge in [0.2, 0.25) is 0 Å². The number of hydrogen-bond acceptors (Lipinski definition) is 1. The maximum absolute atomic E-state index is 12.6. The first kappa shape index (κ1) is 13.4. The van der Waals surface area contributed by atoms with Gasteiger partial charge in [0.05, 0.1) is 0 Å². The molecule has 98 valence electrons. The summed E-state index contributed by atoms with van der Waals surface area (Å²) in [5.74, 6) is 0.0856. The quantitative estimate of drug-likeness (QED) is 0.762. The van der Waals surface area contributed by atoms with Crippen molar-refractivity contribution in [2.24, 2.45) is 0 Å². The second kappa shape index (κ2) is 5.31. The number of carbonyl (C=O) groups excluding carboxylic acids is 1. The molecule has 1 aromatic heterocycles. The van der Waals surface area contributed by atoms with Crippen molar-refractivity contribution in [1.29, 1.82) is 0 Å². The summed E-state index contributed by atoms with van der Waals surface area (Å²) in [4.78, 5) is 14.4. The lowest BCUT2D eigenvalue weighted by molar-refractivity contribution is 0.0717. The average Bonchev–Trinajstić information content (AvgIpc) is 3.08. The molecule has 3 nitrogen and oxygen atoms in total. The fourth-order valence-corrected chi connectivity index (χ4v) is 2.52. The predicted molar refractivity (Wildman–Crippen MR) is 76.8 cm³/mol. The van der Waals surface area contributed by atoms with E-state index in [4.69, 9.17) is 0 Å². The van der Waals surface area contributed by atoms with Crippen LogP contribution in [-0.4, -0.2) is 28.0 Å². The molecule has 1 saturated carbocycles. The van der Waals surface area contributed by atoms with Crippen LogP contribution in [0.25, 0.3) is 0 Å². The molecule has 2 rings (SSSR count). The summed E-state index contributed by atoms with van der Waals surface area (Å²) in [6.45, 7) is 8.37. The van der Waals surface area contributed by atoms with Crippen LogP contribution in [0.15, 0.2) is 29.4 Å². The molecule has 0 aromatic carbocycles. The molecule has 1 heterocycles. The Hall–Kier alpha value is -1.03. The summed E-state index contributed by atoms with van der Waals surface area (Å²) in [5.41, 5.74) is 0.778. The second-order valence-electron chi connectivity index (χ2n) is 5.02. The Morgan fingerprint density at radius 1 is 1.67 bits per heavy atom. The van der Waals surface area contributed by atoms with Crippen LogP contribution in [0, 0.1) is 0 Å². The number of hydrogen-bond donors (Lipinski definition) is 0.